The molecule has 1 N–H and O–H groups in total. The Labute approximate surface area is 119 Å². The molecule has 2 aromatic carbocycles. The van der Waals surface area contributed by atoms with E-state index < -0.39 is 0 Å². The van der Waals surface area contributed by atoms with Crippen LogP contribution in [0.5, 0.6) is 5.75 Å². The van der Waals surface area contributed by atoms with Crippen LogP contribution in [-0.2, 0) is 6.42 Å². The van der Waals surface area contributed by atoms with E-state index in [1.165, 1.54) is 6.07 Å². The van der Waals surface area contributed by atoms with Gasteiger partial charge in [0.15, 0.2) is 0 Å². The maximum Gasteiger partial charge on any atom is 0.126 e. The molecule has 106 valence electrons. The molecular weight excluding hydrogens is 253 g/mol. The van der Waals surface area contributed by atoms with Crippen molar-refractivity contribution in [1.29, 1.82) is 0 Å². The third kappa shape index (κ3) is 3.17. The Bertz CT molecular complexity index is 583. The molecule has 0 aliphatic heterocycles. The number of halogens is 1. The van der Waals surface area contributed by atoms with Crippen molar-refractivity contribution in [3.63, 3.8) is 0 Å². The lowest BCUT2D eigenvalue weighted by Crippen LogP contribution is -2.19. The molecule has 20 heavy (non-hydrogen) atoms. The summed E-state index contributed by atoms with van der Waals surface area (Å²) in [5.74, 6) is 0.715. The minimum Gasteiger partial charge on any atom is -0.496 e. The molecule has 3 heteroatoms. The molecule has 2 rings (SSSR count). The topological polar surface area (TPSA) is 21.3 Å². The summed E-state index contributed by atoms with van der Waals surface area (Å²) < 4.78 is 19.0. The van der Waals surface area contributed by atoms with Crippen LogP contribution >= 0.6 is 0 Å². The standard InChI is InChI=1S/C17H20FNO/c1-12-10-14(8-9-17(12)20-3)16(19-2)11-13-6-4-5-7-15(13)18/h4-10,16,19H,11H2,1-3H3. The number of hydrogen-bond donors (Lipinski definition) is 1. The van der Waals surface area contributed by atoms with Gasteiger partial charge in [-0.05, 0) is 49.2 Å². The monoisotopic (exact) mass is 273 g/mol. The Morgan fingerprint density at radius 3 is 2.55 bits per heavy atom. The van der Waals surface area contributed by atoms with Crippen molar-refractivity contribution in [1.82, 2.24) is 5.32 Å². The van der Waals surface area contributed by atoms with E-state index in [0.29, 0.717) is 6.42 Å². The quantitative estimate of drug-likeness (QED) is 0.898. The molecule has 0 bridgehead atoms. The first-order valence-corrected chi connectivity index (χ1v) is 6.71. The van der Waals surface area contributed by atoms with Gasteiger partial charge in [-0.1, -0.05) is 30.3 Å². The summed E-state index contributed by atoms with van der Waals surface area (Å²) in [5.41, 5.74) is 2.94. The Morgan fingerprint density at radius 2 is 1.95 bits per heavy atom. The first-order valence-electron chi connectivity index (χ1n) is 6.71. The van der Waals surface area contributed by atoms with E-state index >= 15 is 0 Å². The number of rotatable bonds is 5. The molecule has 1 unspecified atom stereocenters. The van der Waals surface area contributed by atoms with Gasteiger partial charge >= 0.3 is 0 Å². The number of hydrogen-bond acceptors (Lipinski definition) is 2. The van der Waals surface area contributed by atoms with Gasteiger partial charge in [0, 0.05) is 6.04 Å². The second-order valence-electron chi connectivity index (χ2n) is 4.87. The van der Waals surface area contributed by atoms with Gasteiger partial charge in [0.25, 0.3) is 0 Å². The lowest BCUT2D eigenvalue weighted by atomic mass is 9.97. The highest BCUT2D eigenvalue weighted by molar-refractivity contribution is 5.38. The van der Waals surface area contributed by atoms with Crippen LogP contribution in [0.15, 0.2) is 42.5 Å². The van der Waals surface area contributed by atoms with Gasteiger partial charge < -0.3 is 10.1 Å². The first-order chi connectivity index (χ1) is 9.65. The zero-order valence-electron chi connectivity index (χ0n) is 12.1. The van der Waals surface area contributed by atoms with Crippen molar-refractivity contribution in [2.24, 2.45) is 0 Å². The average molecular weight is 273 g/mol. The van der Waals surface area contributed by atoms with Crippen LogP contribution in [0.25, 0.3) is 0 Å². The molecule has 0 saturated carbocycles. The fraction of sp³-hybridized carbons (Fsp3) is 0.294. The lowest BCUT2D eigenvalue weighted by Gasteiger charge is -2.18. The van der Waals surface area contributed by atoms with E-state index in [9.17, 15) is 4.39 Å². The smallest absolute Gasteiger partial charge is 0.126 e. The van der Waals surface area contributed by atoms with Crippen LogP contribution in [0.4, 0.5) is 4.39 Å². The SMILES string of the molecule is CNC(Cc1ccccc1F)c1ccc(OC)c(C)c1. The Kier molecular flexibility index (Phi) is 4.74. The maximum atomic E-state index is 13.8. The molecule has 0 saturated heterocycles. The Balaban J connectivity index is 2.24. The molecule has 2 nitrogen and oxygen atoms in total. The van der Waals surface area contributed by atoms with E-state index in [1.807, 2.05) is 38.2 Å². The lowest BCUT2D eigenvalue weighted by molar-refractivity contribution is 0.411. The number of nitrogens with one attached hydrogen (secondary N) is 1. The van der Waals surface area contributed by atoms with E-state index in [2.05, 4.69) is 11.4 Å². The largest absolute Gasteiger partial charge is 0.496 e. The van der Waals surface area contributed by atoms with Crippen molar-refractivity contribution in [3.05, 3.63) is 65.0 Å². The second kappa shape index (κ2) is 6.53. The fourth-order valence-electron chi connectivity index (χ4n) is 2.39. The Morgan fingerprint density at radius 1 is 1.20 bits per heavy atom. The zero-order chi connectivity index (χ0) is 14.5. The average Bonchev–Trinajstić information content (AvgIpc) is 2.46. The third-order valence-electron chi connectivity index (χ3n) is 3.55. The predicted octanol–water partition coefficient (Wildman–Crippen LogP) is 3.65. The molecule has 0 amide bonds. The summed E-state index contributed by atoms with van der Waals surface area (Å²) in [7, 11) is 3.56. The van der Waals surface area contributed by atoms with Gasteiger partial charge in [0.05, 0.1) is 7.11 Å². The van der Waals surface area contributed by atoms with Gasteiger partial charge in [-0.15, -0.1) is 0 Å². The third-order valence-corrected chi connectivity index (χ3v) is 3.55. The van der Waals surface area contributed by atoms with Crippen molar-refractivity contribution in [2.75, 3.05) is 14.2 Å². The van der Waals surface area contributed by atoms with Crippen LogP contribution in [-0.4, -0.2) is 14.2 Å². The Hall–Kier alpha value is -1.87. The van der Waals surface area contributed by atoms with Gasteiger partial charge in [-0.25, -0.2) is 4.39 Å². The highest BCUT2D eigenvalue weighted by Gasteiger charge is 2.13. The first kappa shape index (κ1) is 14.5. The summed E-state index contributed by atoms with van der Waals surface area (Å²) in [6.45, 7) is 2.01. The fourth-order valence-corrected chi connectivity index (χ4v) is 2.39. The van der Waals surface area contributed by atoms with Crippen LogP contribution < -0.4 is 10.1 Å². The molecule has 0 spiro atoms. The maximum absolute atomic E-state index is 13.8. The van der Waals surface area contributed by atoms with Gasteiger partial charge in [0.1, 0.15) is 11.6 Å². The minimum atomic E-state index is -0.155. The highest BCUT2D eigenvalue weighted by Crippen LogP contribution is 2.25. The van der Waals surface area contributed by atoms with Crippen LogP contribution in [0.1, 0.15) is 22.7 Å². The summed E-state index contributed by atoms with van der Waals surface area (Å²) in [4.78, 5) is 0. The summed E-state index contributed by atoms with van der Waals surface area (Å²) in [6, 6.07) is 13.0. The minimum absolute atomic E-state index is 0.0801. The van der Waals surface area contributed by atoms with Crippen molar-refractivity contribution in [2.45, 2.75) is 19.4 Å². The van der Waals surface area contributed by atoms with Crippen LogP contribution in [0, 0.1) is 12.7 Å². The molecule has 0 aliphatic rings. The van der Waals surface area contributed by atoms with Crippen molar-refractivity contribution >= 4 is 0 Å². The van der Waals surface area contributed by atoms with E-state index in [1.54, 1.807) is 13.2 Å². The molecule has 0 heterocycles. The van der Waals surface area contributed by atoms with Gasteiger partial charge in [0.2, 0.25) is 0 Å². The van der Waals surface area contributed by atoms with Crippen LogP contribution in [0.2, 0.25) is 0 Å². The number of benzene rings is 2. The number of aryl methyl sites for hydroxylation is 1. The van der Waals surface area contributed by atoms with Crippen LogP contribution in [0.3, 0.4) is 0 Å². The highest BCUT2D eigenvalue weighted by atomic mass is 19.1. The molecule has 0 aliphatic carbocycles. The second-order valence-corrected chi connectivity index (χ2v) is 4.87. The van der Waals surface area contributed by atoms with Crippen molar-refractivity contribution in [3.8, 4) is 5.75 Å². The number of likely N-dealkylation sites (N-methyl/N-ethyl adjacent to an activating group) is 1. The summed E-state index contributed by atoms with van der Waals surface area (Å²) in [5, 5.41) is 3.25. The molecule has 2 aromatic rings. The van der Waals surface area contributed by atoms with Gasteiger partial charge in [-0.3, -0.25) is 0 Å². The normalized spacial score (nSPS) is 12.2. The zero-order valence-corrected chi connectivity index (χ0v) is 12.1. The van der Waals surface area contributed by atoms with E-state index in [4.69, 9.17) is 4.74 Å². The van der Waals surface area contributed by atoms with E-state index in [0.717, 1.165) is 22.4 Å². The molecular formula is C17H20FNO. The number of ether oxygens (including phenoxy) is 1. The molecule has 0 aromatic heterocycles. The predicted molar refractivity (Wildman–Crippen MR) is 79.6 cm³/mol. The molecule has 1 atom stereocenters. The summed E-state index contributed by atoms with van der Waals surface area (Å²) >= 11 is 0. The van der Waals surface area contributed by atoms with Gasteiger partial charge in [-0.2, -0.15) is 0 Å². The summed E-state index contributed by atoms with van der Waals surface area (Å²) in [6.07, 6.45) is 0.620. The van der Waals surface area contributed by atoms with E-state index in [-0.39, 0.29) is 11.9 Å². The van der Waals surface area contributed by atoms with Crippen molar-refractivity contribution < 1.29 is 9.13 Å². The molecule has 0 fully saturated rings. The number of methoxy groups -OCH3 is 1. The molecule has 0 radical (unpaired) electrons.